The third-order valence-electron chi connectivity index (χ3n) is 4.80. The Balaban J connectivity index is 1.73. The van der Waals surface area contributed by atoms with Crippen LogP contribution >= 0.6 is 27.3 Å². The molecule has 0 aliphatic carbocycles. The van der Waals surface area contributed by atoms with Crippen LogP contribution in [-0.4, -0.2) is 42.0 Å². The van der Waals surface area contributed by atoms with Crippen molar-refractivity contribution < 1.29 is 4.79 Å². The van der Waals surface area contributed by atoms with Crippen LogP contribution in [-0.2, 0) is 0 Å². The summed E-state index contributed by atoms with van der Waals surface area (Å²) in [5.41, 5.74) is 2.37. The predicted octanol–water partition coefficient (Wildman–Crippen LogP) is 5.97. The van der Waals surface area contributed by atoms with Gasteiger partial charge in [0.25, 0.3) is 5.91 Å². The van der Waals surface area contributed by atoms with E-state index in [1.807, 2.05) is 42.5 Å². The number of benzene rings is 1. The predicted molar refractivity (Wildman–Crippen MR) is 127 cm³/mol. The summed E-state index contributed by atoms with van der Waals surface area (Å²) in [5, 5.41) is 4.01. The van der Waals surface area contributed by atoms with E-state index >= 15 is 0 Å². The topological polar surface area (TPSA) is 45.2 Å². The van der Waals surface area contributed by atoms with Gasteiger partial charge in [-0.2, -0.15) is 0 Å². The van der Waals surface area contributed by atoms with Crippen LogP contribution in [0.2, 0.25) is 0 Å². The van der Waals surface area contributed by atoms with Crippen molar-refractivity contribution in [3.8, 4) is 10.6 Å². The molecule has 0 fully saturated rings. The maximum atomic E-state index is 13.0. The molecule has 0 atom stereocenters. The summed E-state index contributed by atoms with van der Waals surface area (Å²) in [6.07, 6.45) is 3.29. The van der Waals surface area contributed by atoms with Crippen LogP contribution in [0.4, 0.5) is 0 Å². The first kappa shape index (κ1) is 21.9. The molecule has 0 aliphatic rings. The lowest BCUT2D eigenvalue weighted by atomic mass is 10.1. The number of pyridine rings is 1. The van der Waals surface area contributed by atoms with Crippen molar-refractivity contribution >= 4 is 44.1 Å². The zero-order valence-electron chi connectivity index (χ0n) is 17.1. The monoisotopic (exact) mass is 473 g/mol. The van der Waals surface area contributed by atoms with Crippen molar-refractivity contribution in [3.05, 3.63) is 51.8 Å². The molecule has 0 unspecified atom stereocenters. The van der Waals surface area contributed by atoms with E-state index in [0.717, 1.165) is 64.2 Å². The van der Waals surface area contributed by atoms with Crippen molar-refractivity contribution in [2.45, 2.75) is 33.1 Å². The summed E-state index contributed by atoms with van der Waals surface area (Å²) < 4.78 is 1.05. The Kier molecular flexibility index (Phi) is 8.21. The van der Waals surface area contributed by atoms with Gasteiger partial charge in [0.2, 0.25) is 0 Å². The number of aromatic nitrogens is 1. The van der Waals surface area contributed by atoms with Gasteiger partial charge >= 0.3 is 0 Å². The lowest BCUT2D eigenvalue weighted by Crippen LogP contribution is -2.31. The number of nitrogens with zero attached hydrogens (tertiary/aromatic N) is 2. The van der Waals surface area contributed by atoms with Gasteiger partial charge in [-0.15, -0.1) is 11.3 Å². The van der Waals surface area contributed by atoms with Crippen LogP contribution in [0.3, 0.4) is 0 Å². The van der Waals surface area contributed by atoms with Gasteiger partial charge in [-0.05, 0) is 79.1 Å². The highest BCUT2D eigenvalue weighted by Gasteiger charge is 2.14. The molecule has 4 nitrogen and oxygen atoms in total. The molecule has 29 heavy (non-hydrogen) atoms. The number of amides is 1. The summed E-state index contributed by atoms with van der Waals surface area (Å²) in [6, 6.07) is 13.8. The molecule has 2 aromatic heterocycles. The van der Waals surface area contributed by atoms with Crippen LogP contribution in [0.15, 0.2) is 46.3 Å². The molecule has 1 amide bonds. The first-order valence-electron chi connectivity index (χ1n) is 10.3. The largest absolute Gasteiger partial charge is 0.352 e. The standard InChI is InChI=1S/C23H28BrN3OS/c1-3-13-27(14-4-2)15-7-12-25-23(28)18-16-20(21-10-11-22(24)29-21)26-19-9-6-5-8-17(18)19/h5-6,8-11,16H,3-4,7,12-15H2,1-2H3,(H,25,28). The Morgan fingerprint density at radius 2 is 1.86 bits per heavy atom. The smallest absolute Gasteiger partial charge is 0.252 e. The van der Waals surface area contributed by atoms with Crippen molar-refractivity contribution in [1.82, 2.24) is 15.2 Å². The Morgan fingerprint density at radius 1 is 1.10 bits per heavy atom. The van der Waals surface area contributed by atoms with Gasteiger partial charge in [0.1, 0.15) is 0 Å². The number of hydrogen-bond acceptors (Lipinski definition) is 4. The van der Waals surface area contributed by atoms with Gasteiger partial charge in [0, 0.05) is 11.9 Å². The number of rotatable bonds is 10. The molecule has 2 heterocycles. The highest BCUT2D eigenvalue weighted by molar-refractivity contribution is 9.11. The SMILES string of the molecule is CCCN(CCC)CCCNC(=O)c1cc(-c2ccc(Br)s2)nc2ccccc12. The average molecular weight is 474 g/mol. The third kappa shape index (κ3) is 5.87. The summed E-state index contributed by atoms with van der Waals surface area (Å²) in [4.78, 5) is 21.3. The van der Waals surface area contributed by atoms with Gasteiger partial charge in [0.05, 0.1) is 25.4 Å². The number of fused-ring (bicyclic) bond motifs is 1. The number of carbonyl (C=O) groups excluding carboxylic acids is 1. The maximum absolute atomic E-state index is 13.0. The van der Waals surface area contributed by atoms with Crippen LogP contribution in [0, 0.1) is 0 Å². The molecule has 1 aromatic carbocycles. The lowest BCUT2D eigenvalue weighted by molar-refractivity contribution is 0.0953. The lowest BCUT2D eigenvalue weighted by Gasteiger charge is -2.20. The van der Waals surface area contributed by atoms with Crippen molar-refractivity contribution in [2.24, 2.45) is 0 Å². The third-order valence-corrected chi connectivity index (χ3v) is 6.45. The first-order chi connectivity index (χ1) is 14.1. The molecule has 6 heteroatoms. The zero-order chi connectivity index (χ0) is 20.6. The normalized spacial score (nSPS) is 11.3. The fraction of sp³-hybridized carbons (Fsp3) is 0.391. The second-order valence-corrected chi connectivity index (χ2v) is 9.59. The van der Waals surface area contributed by atoms with Crippen molar-refractivity contribution in [3.63, 3.8) is 0 Å². The van der Waals surface area contributed by atoms with Crippen molar-refractivity contribution in [2.75, 3.05) is 26.2 Å². The summed E-state index contributed by atoms with van der Waals surface area (Å²) in [5.74, 6) is -0.0296. The molecular formula is C23H28BrN3OS. The molecule has 0 radical (unpaired) electrons. The molecule has 1 N–H and O–H groups in total. The van der Waals surface area contributed by atoms with Crippen LogP contribution in [0.1, 0.15) is 43.5 Å². The minimum atomic E-state index is -0.0296. The fourth-order valence-electron chi connectivity index (χ4n) is 3.51. The number of nitrogens with one attached hydrogen (secondary N) is 1. The van der Waals surface area contributed by atoms with Crippen molar-refractivity contribution in [1.29, 1.82) is 0 Å². The molecule has 0 spiro atoms. The van der Waals surface area contributed by atoms with E-state index in [1.165, 1.54) is 0 Å². The Bertz CT molecular complexity index is 950. The first-order valence-corrected chi connectivity index (χ1v) is 11.9. The zero-order valence-corrected chi connectivity index (χ0v) is 19.5. The molecule has 0 saturated carbocycles. The second kappa shape index (κ2) is 10.9. The number of carbonyl (C=O) groups is 1. The molecule has 0 saturated heterocycles. The van der Waals surface area contributed by atoms with E-state index in [-0.39, 0.29) is 5.91 Å². The van der Waals surface area contributed by atoms with E-state index in [9.17, 15) is 4.79 Å². The summed E-state index contributed by atoms with van der Waals surface area (Å²) in [6.45, 7) is 8.37. The highest BCUT2D eigenvalue weighted by Crippen LogP contribution is 2.32. The van der Waals surface area contributed by atoms with Crippen LogP contribution < -0.4 is 5.32 Å². The summed E-state index contributed by atoms with van der Waals surface area (Å²) >= 11 is 5.13. The van der Waals surface area contributed by atoms with Gasteiger partial charge in [-0.25, -0.2) is 4.98 Å². The summed E-state index contributed by atoms with van der Waals surface area (Å²) in [7, 11) is 0. The van der Waals surface area contributed by atoms with Gasteiger partial charge in [0.15, 0.2) is 0 Å². The van der Waals surface area contributed by atoms with Crippen LogP contribution in [0.25, 0.3) is 21.5 Å². The van der Waals surface area contributed by atoms with E-state index < -0.39 is 0 Å². The number of halogens is 1. The van der Waals surface area contributed by atoms with Gasteiger partial charge < -0.3 is 10.2 Å². The fourth-order valence-corrected chi connectivity index (χ4v) is 4.86. The van der Waals surface area contributed by atoms with E-state index in [2.05, 4.69) is 40.0 Å². The minimum Gasteiger partial charge on any atom is -0.352 e. The number of para-hydroxylation sites is 1. The molecule has 154 valence electrons. The number of thiophene rings is 1. The van der Waals surface area contributed by atoms with E-state index in [0.29, 0.717) is 12.1 Å². The maximum Gasteiger partial charge on any atom is 0.252 e. The van der Waals surface area contributed by atoms with Gasteiger partial charge in [-0.1, -0.05) is 32.0 Å². The Morgan fingerprint density at radius 3 is 2.55 bits per heavy atom. The molecule has 3 aromatic rings. The molecule has 0 bridgehead atoms. The minimum absolute atomic E-state index is 0.0296. The van der Waals surface area contributed by atoms with Gasteiger partial charge in [-0.3, -0.25) is 4.79 Å². The Hall–Kier alpha value is -1.76. The second-order valence-electron chi connectivity index (χ2n) is 7.13. The molecular weight excluding hydrogens is 446 g/mol. The molecule has 0 aliphatic heterocycles. The Labute approximate surface area is 185 Å². The quantitative estimate of drug-likeness (QED) is 0.369. The average Bonchev–Trinajstić information content (AvgIpc) is 3.17. The van der Waals surface area contributed by atoms with E-state index in [4.69, 9.17) is 4.98 Å². The number of hydrogen-bond donors (Lipinski definition) is 1. The molecule has 3 rings (SSSR count). The van der Waals surface area contributed by atoms with E-state index in [1.54, 1.807) is 11.3 Å². The van der Waals surface area contributed by atoms with Crippen LogP contribution in [0.5, 0.6) is 0 Å². The highest BCUT2D eigenvalue weighted by atomic mass is 79.9.